The predicted molar refractivity (Wildman–Crippen MR) is 149 cm³/mol. The Morgan fingerprint density at radius 3 is 2.69 bits per heavy atom. The number of carbonyl (C=O) groups is 2. The van der Waals surface area contributed by atoms with Crippen LogP contribution in [0.5, 0.6) is 11.5 Å². The highest BCUT2D eigenvalue weighted by atomic mass is 35.5. The first-order chi connectivity index (χ1) is 18.8. The molecule has 1 aliphatic rings. The molecule has 3 heterocycles. The SMILES string of the molecule is COc1cccc(C2C(C(=O)c3cc4cc(Cl)cc(OC)c4o3)=C(O)C(=O)N2c2nc3ccc(C)cc3s2)c1. The minimum atomic E-state index is -0.986. The van der Waals surface area contributed by atoms with Gasteiger partial charge in [-0.1, -0.05) is 41.1 Å². The number of carbonyl (C=O) groups excluding carboxylic acids is 2. The van der Waals surface area contributed by atoms with Crippen LogP contribution in [-0.2, 0) is 4.79 Å². The highest BCUT2D eigenvalue weighted by Crippen LogP contribution is 2.45. The number of ether oxygens (including phenoxy) is 2. The molecule has 2 aromatic heterocycles. The largest absolute Gasteiger partial charge is 0.503 e. The Kier molecular flexibility index (Phi) is 6.05. The van der Waals surface area contributed by atoms with Gasteiger partial charge in [0.2, 0.25) is 5.78 Å². The van der Waals surface area contributed by atoms with E-state index in [1.54, 1.807) is 36.4 Å². The topological polar surface area (TPSA) is 102 Å². The van der Waals surface area contributed by atoms with Crippen LogP contribution in [0.25, 0.3) is 21.2 Å². The third-order valence-electron chi connectivity index (χ3n) is 6.59. The van der Waals surface area contributed by atoms with Crippen molar-refractivity contribution in [1.82, 2.24) is 4.98 Å². The molecule has 1 amide bonds. The van der Waals surface area contributed by atoms with E-state index in [0.29, 0.717) is 43.7 Å². The average molecular weight is 561 g/mol. The van der Waals surface area contributed by atoms with Crippen LogP contribution >= 0.6 is 22.9 Å². The Labute approximate surface area is 231 Å². The lowest BCUT2D eigenvalue weighted by Gasteiger charge is -2.24. The van der Waals surface area contributed by atoms with Crippen molar-refractivity contribution in [3.63, 3.8) is 0 Å². The number of halogens is 1. The van der Waals surface area contributed by atoms with Gasteiger partial charge in [-0.25, -0.2) is 4.98 Å². The summed E-state index contributed by atoms with van der Waals surface area (Å²) in [7, 11) is 2.99. The fourth-order valence-corrected chi connectivity index (χ4v) is 6.07. The van der Waals surface area contributed by atoms with Crippen LogP contribution in [0.4, 0.5) is 5.13 Å². The number of ketones is 1. The van der Waals surface area contributed by atoms with Crippen LogP contribution in [-0.4, -0.2) is 36.0 Å². The maximum atomic E-state index is 14.0. The molecule has 1 atom stereocenters. The number of aromatic nitrogens is 1. The van der Waals surface area contributed by atoms with Gasteiger partial charge in [-0.05, 0) is 54.4 Å². The molecule has 5 aromatic rings. The molecule has 0 saturated carbocycles. The number of hydrogen-bond acceptors (Lipinski definition) is 8. The first-order valence-electron chi connectivity index (χ1n) is 11.9. The van der Waals surface area contributed by atoms with Crippen molar-refractivity contribution in [2.45, 2.75) is 13.0 Å². The Morgan fingerprint density at radius 2 is 1.92 bits per heavy atom. The molecule has 1 N–H and O–H groups in total. The van der Waals surface area contributed by atoms with Crippen molar-refractivity contribution in [1.29, 1.82) is 0 Å². The smallest absolute Gasteiger partial charge is 0.296 e. The Hall–Kier alpha value is -4.34. The molecule has 6 rings (SSSR count). The van der Waals surface area contributed by atoms with E-state index < -0.39 is 23.5 Å². The molecule has 0 aliphatic carbocycles. The number of aliphatic hydroxyl groups excluding tert-OH is 1. The fourth-order valence-electron chi connectivity index (χ4n) is 4.77. The van der Waals surface area contributed by atoms with Crippen LogP contribution in [0.2, 0.25) is 5.02 Å². The van der Waals surface area contributed by atoms with E-state index in [-0.39, 0.29) is 11.3 Å². The van der Waals surface area contributed by atoms with Crippen molar-refractivity contribution in [2.24, 2.45) is 0 Å². The van der Waals surface area contributed by atoms with E-state index >= 15 is 0 Å². The molecule has 196 valence electrons. The molecule has 0 saturated heterocycles. The normalized spacial score (nSPS) is 15.5. The van der Waals surface area contributed by atoms with Gasteiger partial charge in [-0.3, -0.25) is 14.5 Å². The van der Waals surface area contributed by atoms with Crippen molar-refractivity contribution in [2.75, 3.05) is 19.1 Å². The minimum Gasteiger partial charge on any atom is -0.503 e. The van der Waals surface area contributed by atoms with E-state index in [0.717, 1.165) is 10.3 Å². The summed E-state index contributed by atoms with van der Waals surface area (Å²) in [5, 5.41) is 12.4. The van der Waals surface area contributed by atoms with Gasteiger partial charge in [0.1, 0.15) is 5.75 Å². The van der Waals surface area contributed by atoms with Gasteiger partial charge in [0.25, 0.3) is 5.91 Å². The molecule has 39 heavy (non-hydrogen) atoms. The van der Waals surface area contributed by atoms with Crippen molar-refractivity contribution < 1.29 is 28.6 Å². The number of hydrogen-bond donors (Lipinski definition) is 1. The summed E-state index contributed by atoms with van der Waals surface area (Å²) in [6.45, 7) is 1.97. The standard InChI is InChI=1S/C29H21ClN2O6S/c1-14-7-8-19-22(9-14)39-29(31-19)32-24(15-5-4-6-18(11-15)36-2)23(26(34)28(32)35)25(33)20-12-16-10-17(30)13-21(37-3)27(16)38-20/h4-13,24,34H,1-3H3. The molecule has 0 fully saturated rings. The Bertz CT molecular complexity index is 1840. The van der Waals surface area contributed by atoms with E-state index in [1.165, 1.54) is 36.5 Å². The number of Topliss-reactive ketones (excluding diaryl/α,β-unsaturated/α-hetero) is 1. The van der Waals surface area contributed by atoms with Gasteiger partial charge in [0.15, 0.2) is 28.0 Å². The minimum absolute atomic E-state index is 0.0745. The summed E-state index contributed by atoms with van der Waals surface area (Å²) in [6, 6.07) is 16.5. The summed E-state index contributed by atoms with van der Waals surface area (Å²) in [5.74, 6) is -1.25. The maximum absolute atomic E-state index is 14.0. The maximum Gasteiger partial charge on any atom is 0.296 e. The summed E-state index contributed by atoms with van der Waals surface area (Å²) < 4.78 is 17.5. The zero-order valence-corrected chi connectivity index (χ0v) is 22.6. The quantitative estimate of drug-likeness (QED) is 0.228. The van der Waals surface area contributed by atoms with E-state index in [4.69, 9.17) is 25.5 Å². The monoisotopic (exact) mass is 560 g/mol. The number of amides is 1. The Morgan fingerprint density at radius 1 is 1.10 bits per heavy atom. The molecular weight excluding hydrogens is 540 g/mol. The van der Waals surface area contributed by atoms with E-state index in [1.807, 2.05) is 25.1 Å². The number of furan rings is 1. The van der Waals surface area contributed by atoms with Crippen LogP contribution in [0.3, 0.4) is 0 Å². The number of aliphatic hydroxyl groups is 1. The van der Waals surface area contributed by atoms with Crippen molar-refractivity contribution in [3.8, 4) is 11.5 Å². The number of rotatable bonds is 6. The summed E-state index contributed by atoms with van der Waals surface area (Å²) in [6.07, 6.45) is 0. The summed E-state index contributed by atoms with van der Waals surface area (Å²) >= 11 is 7.50. The van der Waals surface area contributed by atoms with Gasteiger partial charge in [-0.15, -0.1) is 0 Å². The van der Waals surface area contributed by atoms with Gasteiger partial charge < -0.3 is 19.0 Å². The lowest BCUT2D eigenvalue weighted by molar-refractivity contribution is -0.117. The molecule has 0 bridgehead atoms. The van der Waals surface area contributed by atoms with Gasteiger partial charge in [0, 0.05) is 16.5 Å². The average Bonchev–Trinajstić information content (AvgIpc) is 3.61. The zero-order valence-electron chi connectivity index (χ0n) is 21.0. The molecule has 10 heteroatoms. The summed E-state index contributed by atoms with van der Waals surface area (Å²) in [5.41, 5.74) is 2.51. The number of benzene rings is 3. The molecule has 1 aliphatic heterocycles. The lowest BCUT2D eigenvalue weighted by atomic mass is 9.95. The van der Waals surface area contributed by atoms with Crippen molar-refractivity contribution >= 4 is 60.9 Å². The lowest BCUT2D eigenvalue weighted by Crippen LogP contribution is -2.31. The van der Waals surface area contributed by atoms with E-state index in [2.05, 4.69) is 4.98 Å². The highest BCUT2D eigenvalue weighted by Gasteiger charge is 2.46. The van der Waals surface area contributed by atoms with Gasteiger partial charge in [0.05, 0.1) is 36.1 Å². The molecular formula is C29H21ClN2O6S. The van der Waals surface area contributed by atoms with Crippen LogP contribution in [0.1, 0.15) is 27.7 Å². The second-order valence-electron chi connectivity index (χ2n) is 9.05. The number of methoxy groups -OCH3 is 2. The molecule has 0 spiro atoms. The molecule has 3 aromatic carbocycles. The van der Waals surface area contributed by atoms with Gasteiger partial charge >= 0.3 is 0 Å². The van der Waals surface area contributed by atoms with Gasteiger partial charge in [-0.2, -0.15) is 0 Å². The van der Waals surface area contributed by atoms with Crippen LogP contribution in [0.15, 0.2) is 76.4 Å². The highest BCUT2D eigenvalue weighted by molar-refractivity contribution is 7.22. The van der Waals surface area contributed by atoms with Crippen LogP contribution in [0, 0.1) is 6.92 Å². The third kappa shape index (κ3) is 4.10. The number of nitrogens with zero attached hydrogens (tertiary/aromatic N) is 2. The molecule has 8 nitrogen and oxygen atoms in total. The second kappa shape index (κ2) is 9.44. The zero-order chi connectivity index (χ0) is 27.4. The van der Waals surface area contributed by atoms with E-state index in [9.17, 15) is 14.7 Å². The predicted octanol–water partition coefficient (Wildman–Crippen LogP) is 6.80. The number of fused-ring (bicyclic) bond motifs is 2. The fraction of sp³-hybridized carbons (Fsp3) is 0.138. The first kappa shape index (κ1) is 25.0. The number of thiazole rings is 1. The molecule has 1 unspecified atom stereocenters. The molecule has 0 radical (unpaired) electrons. The Balaban J connectivity index is 1.52. The number of aryl methyl sites for hydroxylation is 1. The summed E-state index contributed by atoms with van der Waals surface area (Å²) in [4.78, 5) is 33.6. The first-order valence-corrected chi connectivity index (χ1v) is 13.1. The van der Waals surface area contributed by atoms with Crippen molar-refractivity contribution in [3.05, 3.63) is 93.9 Å². The van der Waals surface area contributed by atoms with Crippen LogP contribution < -0.4 is 14.4 Å². The number of anilines is 1. The second-order valence-corrected chi connectivity index (χ2v) is 10.5. The third-order valence-corrected chi connectivity index (χ3v) is 7.83.